The molecule has 16 heavy (non-hydrogen) atoms. The molecule has 0 aliphatic heterocycles. The van der Waals surface area contributed by atoms with Crippen LogP contribution >= 0.6 is 11.6 Å². The minimum absolute atomic E-state index is 0.556. The fourth-order valence-corrected chi connectivity index (χ4v) is 1.55. The Balaban J connectivity index is 0.000000293. The molecule has 0 saturated carbocycles. The van der Waals surface area contributed by atoms with Gasteiger partial charge >= 0.3 is 0 Å². The molecule has 0 fully saturated rings. The molecule has 0 aliphatic rings. The topological polar surface area (TPSA) is 29.3 Å². The van der Waals surface area contributed by atoms with Crippen molar-refractivity contribution in [1.29, 1.82) is 0 Å². The molecule has 0 heterocycles. The van der Waals surface area contributed by atoms with E-state index in [2.05, 4.69) is 25.7 Å². The van der Waals surface area contributed by atoms with Crippen LogP contribution in [0.5, 0.6) is 0 Å². The van der Waals surface area contributed by atoms with E-state index in [1.807, 2.05) is 24.3 Å². The van der Waals surface area contributed by atoms with E-state index in [-0.39, 0.29) is 0 Å². The van der Waals surface area contributed by atoms with Crippen molar-refractivity contribution in [2.75, 3.05) is 19.6 Å². The summed E-state index contributed by atoms with van der Waals surface area (Å²) in [6.07, 6.45) is 0. The largest absolute Gasteiger partial charge is 0.326 e. The lowest BCUT2D eigenvalue weighted by molar-refractivity contribution is 0.321. The monoisotopic (exact) mass is 242 g/mol. The third kappa shape index (κ3) is 6.83. The number of nitrogens with zero attached hydrogens (tertiary/aromatic N) is 1. The van der Waals surface area contributed by atoms with E-state index in [0.717, 1.165) is 10.6 Å². The maximum Gasteiger partial charge on any atom is 0.0409 e. The fourth-order valence-electron chi connectivity index (χ4n) is 1.33. The van der Waals surface area contributed by atoms with Gasteiger partial charge in [0.15, 0.2) is 0 Å². The van der Waals surface area contributed by atoms with Crippen LogP contribution in [0, 0.1) is 0 Å². The number of rotatable bonds is 4. The average molecular weight is 243 g/mol. The molecule has 0 unspecified atom stereocenters. The molecular weight excluding hydrogens is 220 g/mol. The summed E-state index contributed by atoms with van der Waals surface area (Å²) < 4.78 is 0. The molecule has 0 atom stereocenters. The molecule has 0 saturated heterocycles. The highest BCUT2D eigenvalue weighted by Gasteiger charge is 1.89. The number of hydrogen-bond acceptors (Lipinski definition) is 2. The van der Waals surface area contributed by atoms with Gasteiger partial charge in [-0.25, -0.2) is 0 Å². The first-order valence-electron chi connectivity index (χ1n) is 5.84. The van der Waals surface area contributed by atoms with Crippen LogP contribution in [0.3, 0.4) is 0 Å². The van der Waals surface area contributed by atoms with E-state index in [0.29, 0.717) is 6.54 Å². The summed E-state index contributed by atoms with van der Waals surface area (Å²) in [6, 6.07) is 7.54. The van der Waals surface area contributed by atoms with Gasteiger partial charge in [-0.15, -0.1) is 0 Å². The Morgan fingerprint density at radius 2 is 1.69 bits per heavy atom. The minimum Gasteiger partial charge on any atom is -0.326 e. The van der Waals surface area contributed by atoms with Crippen LogP contribution in [0.25, 0.3) is 0 Å². The lowest BCUT2D eigenvalue weighted by Crippen LogP contribution is -2.21. The molecule has 1 aromatic rings. The van der Waals surface area contributed by atoms with Crippen LogP contribution in [0.15, 0.2) is 24.3 Å². The highest BCUT2D eigenvalue weighted by Crippen LogP contribution is 2.09. The van der Waals surface area contributed by atoms with Crippen molar-refractivity contribution in [3.63, 3.8) is 0 Å². The predicted molar refractivity (Wildman–Crippen MR) is 72.8 cm³/mol. The molecule has 92 valence electrons. The Labute approximate surface area is 104 Å². The van der Waals surface area contributed by atoms with Crippen molar-refractivity contribution in [3.05, 3.63) is 34.9 Å². The van der Waals surface area contributed by atoms with Crippen LogP contribution in [-0.2, 0) is 6.54 Å². The first-order chi connectivity index (χ1) is 7.67. The normalized spacial score (nSPS) is 9.88. The van der Waals surface area contributed by atoms with E-state index < -0.39 is 0 Å². The Kier molecular flexibility index (Phi) is 9.30. The van der Waals surface area contributed by atoms with Gasteiger partial charge in [0, 0.05) is 11.6 Å². The minimum atomic E-state index is 0.556. The summed E-state index contributed by atoms with van der Waals surface area (Å²) >= 11 is 5.67. The van der Waals surface area contributed by atoms with Crippen molar-refractivity contribution in [1.82, 2.24) is 4.90 Å². The molecule has 0 bridgehead atoms. The second-order valence-corrected chi connectivity index (χ2v) is 3.89. The predicted octanol–water partition coefficient (Wildman–Crippen LogP) is 3.15. The van der Waals surface area contributed by atoms with Gasteiger partial charge < -0.3 is 10.6 Å². The zero-order valence-electron chi connectivity index (χ0n) is 10.5. The highest BCUT2D eigenvalue weighted by molar-refractivity contribution is 6.30. The number of hydrogen-bond donors (Lipinski definition) is 1. The van der Waals surface area contributed by atoms with Crippen molar-refractivity contribution in [2.24, 2.45) is 5.73 Å². The fraction of sp³-hybridized carbons (Fsp3) is 0.538. The molecule has 0 amide bonds. The van der Waals surface area contributed by atoms with Crippen molar-refractivity contribution in [2.45, 2.75) is 27.3 Å². The zero-order chi connectivity index (χ0) is 12.4. The van der Waals surface area contributed by atoms with E-state index in [1.54, 1.807) is 0 Å². The second kappa shape index (κ2) is 9.64. The standard InChI is InChI=1S/C7H8ClN.C6H15N/c8-7-3-1-2-6(4-7)5-9;1-4-7(5-2)6-3/h1-4H,5,9H2;4-6H2,1-3H3. The van der Waals surface area contributed by atoms with Crippen molar-refractivity contribution < 1.29 is 0 Å². The van der Waals surface area contributed by atoms with Gasteiger partial charge in [-0.1, -0.05) is 44.5 Å². The SMILES string of the molecule is CCN(CC)CC.NCc1cccc(Cl)c1. The number of halogens is 1. The Bertz CT molecular complexity index is 267. The maximum absolute atomic E-state index is 5.67. The maximum atomic E-state index is 5.67. The van der Waals surface area contributed by atoms with Crippen LogP contribution in [0.2, 0.25) is 5.02 Å². The molecule has 1 aromatic carbocycles. The first-order valence-corrected chi connectivity index (χ1v) is 6.22. The molecule has 0 spiro atoms. The van der Waals surface area contributed by atoms with Crippen molar-refractivity contribution in [3.8, 4) is 0 Å². The van der Waals surface area contributed by atoms with E-state index in [9.17, 15) is 0 Å². The average Bonchev–Trinajstić information content (AvgIpc) is 2.32. The van der Waals surface area contributed by atoms with Crippen LogP contribution in [0.4, 0.5) is 0 Å². The van der Waals surface area contributed by atoms with E-state index >= 15 is 0 Å². The lowest BCUT2D eigenvalue weighted by atomic mass is 10.2. The summed E-state index contributed by atoms with van der Waals surface area (Å²) in [5, 5.41) is 0.748. The molecular formula is C13H23ClN2. The van der Waals surface area contributed by atoms with Crippen LogP contribution in [-0.4, -0.2) is 24.5 Å². The summed E-state index contributed by atoms with van der Waals surface area (Å²) in [7, 11) is 0. The van der Waals surface area contributed by atoms with Crippen LogP contribution in [0.1, 0.15) is 26.3 Å². The third-order valence-corrected chi connectivity index (χ3v) is 2.70. The van der Waals surface area contributed by atoms with Gasteiger partial charge in [0.05, 0.1) is 0 Å². The Morgan fingerprint density at radius 1 is 1.12 bits per heavy atom. The summed E-state index contributed by atoms with van der Waals surface area (Å²) in [5.74, 6) is 0. The Morgan fingerprint density at radius 3 is 1.94 bits per heavy atom. The second-order valence-electron chi connectivity index (χ2n) is 3.45. The summed E-state index contributed by atoms with van der Waals surface area (Å²) in [5.41, 5.74) is 6.43. The molecule has 2 nitrogen and oxygen atoms in total. The third-order valence-electron chi connectivity index (χ3n) is 2.47. The van der Waals surface area contributed by atoms with Gasteiger partial charge in [-0.05, 0) is 37.3 Å². The van der Waals surface area contributed by atoms with Gasteiger partial charge in [0.2, 0.25) is 0 Å². The zero-order valence-corrected chi connectivity index (χ0v) is 11.3. The van der Waals surface area contributed by atoms with E-state index in [4.69, 9.17) is 17.3 Å². The number of benzene rings is 1. The molecule has 0 aromatic heterocycles. The molecule has 1 rings (SSSR count). The smallest absolute Gasteiger partial charge is 0.0409 e. The van der Waals surface area contributed by atoms with Gasteiger partial charge in [-0.2, -0.15) is 0 Å². The summed E-state index contributed by atoms with van der Waals surface area (Å²) in [6.45, 7) is 10.7. The molecule has 3 heteroatoms. The summed E-state index contributed by atoms with van der Waals surface area (Å²) in [4.78, 5) is 2.38. The molecule has 0 radical (unpaired) electrons. The van der Waals surface area contributed by atoms with Crippen LogP contribution < -0.4 is 5.73 Å². The molecule has 0 aliphatic carbocycles. The van der Waals surface area contributed by atoms with E-state index in [1.165, 1.54) is 19.6 Å². The van der Waals surface area contributed by atoms with Gasteiger partial charge in [-0.3, -0.25) is 0 Å². The Hall–Kier alpha value is -0.570. The van der Waals surface area contributed by atoms with Gasteiger partial charge in [0.25, 0.3) is 0 Å². The van der Waals surface area contributed by atoms with Gasteiger partial charge in [0.1, 0.15) is 0 Å². The number of nitrogens with two attached hydrogens (primary N) is 1. The highest BCUT2D eigenvalue weighted by atomic mass is 35.5. The van der Waals surface area contributed by atoms with Crippen molar-refractivity contribution >= 4 is 11.6 Å². The molecule has 2 N–H and O–H groups in total. The quantitative estimate of drug-likeness (QED) is 0.879. The lowest BCUT2D eigenvalue weighted by Gasteiger charge is -2.13. The first kappa shape index (κ1) is 15.4.